The molecule has 55 heavy (non-hydrogen) atoms. The van der Waals surface area contributed by atoms with Gasteiger partial charge >= 0.3 is 12.1 Å². The highest BCUT2D eigenvalue weighted by Gasteiger charge is 2.48. The molecule has 13 heteroatoms. The number of hydrogen-bond donors (Lipinski definition) is 2. The summed E-state index contributed by atoms with van der Waals surface area (Å²) in [4.78, 5) is 43.3. The van der Waals surface area contributed by atoms with E-state index in [0.29, 0.717) is 43.8 Å². The number of pyridine rings is 1. The Morgan fingerprint density at radius 2 is 1.75 bits per heavy atom. The minimum absolute atomic E-state index is 0.0220. The van der Waals surface area contributed by atoms with Crippen LogP contribution in [0.1, 0.15) is 109 Å². The summed E-state index contributed by atoms with van der Waals surface area (Å²) in [6.45, 7) is 15.9. The molecule has 0 fully saturated rings. The van der Waals surface area contributed by atoms with Crippen molar-refractivity contribution < 1.29 is 37.0 Å². The van der Waals surface area contributed by atoms with E-state index < -0.39 is 39.3 Å². The van der Waals surface area contributed by atoms with Crippen LogP contribution in [0.25, 0.3) is 0 Å². The largest absolute Gasteiger partial charge is 0.487 e. The number of anilines is 1. The number of aryl methyl sites for hydroxylation is 2. The number of amides is 2. The highest BCUT2D eigenvalue weighted by molar-refractivity contribution is 7.92. The van der Waals surface area contributed by atoms with Gasteiger partial charge in [0.1, 0.15) is 35.4 Å². The quantitative estimate of drug-likeness (QED) is 0.138. The number of ether oxygens (including phenoxy) is 3. The third-order valence-corrected chi connectivity index (χ3v) is 12.7. The SMILES string of the molecule is CC1c2cc(S(=O)(=O)N3CCCc4ccc(CCCCC(=O)NCC(NC(=O)OCc5ccccc5)C(=O)OC(C)(C)C)nc43)ccc2OC(C)(C)C1(C)C. The average molecular weight is 777 g/mol. The zero-order chi connectivity index (χ0) is 40.2. The molecule has 12 nitrogen and oxygen atoms in total. The number of carbonyl (C=O) groups is 3. The average Bonchev–Trinajstić information content (AvgIpc) is 3.12. The Bertz CT molecular complexity index is 1970. The molecule has 2 atom stereocenters. The van der Waals surface area contributed by atoms with Crippen molar-refractivity contribution >= 4 is 33.8 Å². The number of nitrogens with one attached hydrogen (secondary N) is 2. The van der Waals surface area contributed by atoms with Gasteiger partial charge in [-0.15, -0.1) is 0 Å². The fraction of sp³-hybridized carbons (Fsp3) is 0.524. The Kier molecular flexibility index (Phi) is 12.5. The van der Waals surface area contributed by atoms with Gasteiger partial charge in [-0.05, 0) is 114 Å². The molecular weight excluding hydrogens is 721 g/mol. The Labute approximate surface area is 325 Å². The number of nitrogens with zero attached hydrogens (tertiary/aromatic N) is 2. The molecule has 2 N–H and O–H groups in total. The predicted octanol–water partition coefficient (Wildman–Crippen LogP) is 6.99. The lowest BCUT2D eigenvalue weighted by Gasteiger charge is -2.50. The van der Waals surface area contributed by atoms with Crippen LogP contribution in [0.5, 0.6) is 5.75 Å². The molecule has 2 amide bonds. The minimum atomic E-state index is -3.91. The minimum Gasteiger partial charge on any atom is -0.487 e. The second-order valence-corrected chi connectivity index (χ2v) is 18.4. The van der Waals surface area contributed by atoms with E-state index >= 15 is 0 Å². The van der Waals surface area contributed by atoms with Gasteiger partial charge < -0.3 is 24.8 Å². The fourth-order valence-electron chi connectivity index (χ4n) is 6.75. The van der Waals surface area contributed by atoms with Gasteiger partial charge in [0.25, 0.3) is 10.0 Å². The third-order valence-electron chi connectivity index (χ3n) is 10.9. The molecule has 2 aliphatic heterocycles. The first-order valence-electron chi connectivity index (χ1n) is 19.1. The molecule has 3 heterocycles. The van der Waals surface area contributed by atoms with E-state index in [2.05, 4.69) is 45.3 Å². The summed E-state index contributed by atoms with van der Waals surface area (Å²) in [6, 6.07) is 17.0. The number of alkyl carbamates (subject to hydrolysis) is 1. The van der Waals surface area contributed by atoms with Crippen molar-refractivity contribution in [3.8, 4) is 5.75 Å². The predicted molar refractivity (Wildman–Crippen MR) is 210 cm³/mol. The van der Waals surface area contributed by atoms with E-state index in [1.54, 1.807) is 39.0 Å². The molecule has 0 aliphatic carbocycles. The maximum Gasteiger partial charge on any atom is 0.408 e. The zero-order valence-corrected chi connectivity index (χ0v) is 34.2. The van der Waals surface area contributed by atoms with Gasteiger partial charge in [-0.1, -0.05) is 57.2 Å². The number of sulfonamides is 1. The lowest BCUT2D eigenvalue weighted by atomic mass is 9.64. The maximum absolute atomic E-state index is 14.2. The maximum atomic E-state index is 14.2. The number of fused-ring (bicyclic) bond motifs is 2. The van der Waals surface area contributed by atoms with Gasteiger partial charge in [0, 0.05) is 30.6 Å². The first-order chi connectivity index (χ1) is 25.8. The van der Waals surface area contributed by atoms with Crippen molar-refractivity contribution in [3.63, 3.8) is 0 Å². The van der Waals surface area contributed by atoms with Gasteiger partial charge in [-0.3, -0.25) is 4.79 Å². The van der Waals surface area contributed by atoms with E-state index in [0.717, 1.165) is 28.8 Å². The number of benzene rings is 2. The topological polar surface area (TPSA) is 153 Å². The molecule has 0 spiro atoms. The van der Waals surface area contributed by atoms with E-state index in [4.69, 9.17) is 19.2 Å². The van der Waals surface area contributed by atoms with Gasteiger partial charge in [-0.2, -0.15) is 0 Å². The lowest BCUT2D eigenvalue weighted by molar-refractivity contribution is -0.157. The molecule has 0 radical (unpaired) electrons. The summed E-state index contributed by atoms with van der Waals surface area (Å²) < 4.78 is 46.9. The molecule has 0 saturated heterocycles. The smallest absolute Gasteiger partial charge is 0.408 e. The number of rotatable bonds is 13. The van der Waals surface area contributed by atoms with Crippen LogP contribution in [0.2, 0.25) is 0 Å². The van der Waals surface area contributed by atoms with Crippen LogP contribution < -0.4 is 19.7 Å². The van der Waals surface area contributed by atoms with E-state index in [1.165, 1.54) is 4.31 Å². The van der Waals surface area contributed by atoms with Crippen LogP contribution in [0.15, 0.2) is 65.6 Å². The summed E-state index contributed by atoms with van der Waals surface area (Å²) in [5.74, 6) is 0.247. The molecular formula is C42H56N4O8S. The molecule has 3 aromatic rings. The molecule has 2 aliphatic rings. The Hall–Kier alpha value is -4.65. The van der Waals surface area contributed by atoms with Crippen LogP contribution in [-0.2, 0) is 48.5 Å². The molecule has 2 aromatic carbocycles. The standard InChI is InChI=1S/C42H56N4O8S/c1-28-33-25-32(22-23-35(33)53-42(7,8)41(28,5)6)55(50,51)46-24-14-17-30-20-21-31(44-37(30)46)18-12-13-19-36(47)43-26-34(38(48)54-40(2,3)4)45-39(49)52-27-29-15-10-9-11-16-29/h9-11,15-16,20-23,25,28,34H,12-14,17-19,24,26-27H2,1-8H3,(H,43,47)(H,45,49). The van der Waals surface area contributed by atoms with Crippen molar-refractivity contribution in [2.75, 3.05) is 17.4 Å². The molecule has 1 aromatic heterocycles. The van der Waals surface area contributed by atoms with E-state index in [9.17, 15) is 22.8 Å². The van der Waals surface area contributed by atoms with Crippen LogP contribution in [0, 0.1) is 5.41 Å². The van der Waals surface area contributed by atoms with Crippen molar-refractivity contribution in [3.05, 3.63) is 83.0 Å². The number of hydrogen-bond acceptors (Lipinski definition) is 9. The van der Waals surface area contributed by atoms with Gasteiger partial charge in [0.05, 0.1) is 4.90 Å². The third kappa shape index (κ3) is 9.97. The van der Waals surface area contributed by atoms with Crippen LogP contribution in [0.4, 0.5) is 10.6 Å². The summed E-state index contributed by atoms with van der Waals surface area (Å²) in [7, 11) is -3.91. The molecule has 0 bridgehead atoms. The Morgan fingerprint density at radius 3 is 2.45 bits per heavy atom. The lowest BCUT2D eigenvalue weighted by Crippen LogP contribution is -2.50. The van der Waals surface area contributed by atoms with Crippen LogP contribution in [0.3, 0.4) is 0 Å². The first-order valence-corrected chi connectivity index (χ1v) is 20.5. The summed E-state index contributed by atoms with van der Waals surface area (Å²) >= 11 is 0. The zero-order valence-electron chi connectivity index (χ0n) is 33.4. The number of unbranched alkanes of at least 4 members (excludes halogenated alkanes) is 1. The fourth-order valence-corrected chi connectivity index (χ4v) is 8.28. The van der Waals surface area contributed by atoms with Crippen molar-refractivity contribution in [2.45, 2.75) is 129 Å². The van der Waals surface area contributed by atoms with Crippen molar-refractivity contribution in [1.82, 2.24) is 15.6 Å². The highest BCUT2D eigenvalue weighted by atomic mass is 32.2. The Morgan fingerprint density at radius 1 is 1.02 bits per heavy atom. The van der Waals surface area contributed by atoms with Gasteiger partial charge in [0.2, 0.25) is 5.91 Å². The number of esters is 1. The first kappa shape index (κ1) is 41.5. The van der Waals surface area contributed by atoms with Crippen molar-refractivity contribution in [1.29, 1.82) is 0 Å². The molecule has 0 saturated carbocycles. The number of carbonyl (C=O) groups excluding carboxylic acids is 3. The van der Waals surface area contributed by atoms with E-state index in [1.807, 2.05) is 42.5 Å². The van der Waals surface area contributed by atoms with E-state index in [-0.39, 0.29) is 41.7 Å². The summed E-state index contributed by atoms with van der Waals surface area (Å²) in [5, 5.41) is 5.24. The monoisotopic (exact) mass is 776 g/mol. The number of aromatic nitrogens is 1. The normalized spacial score (nSPS) is 17.8. The summed E-state index contributed by atoms with van der Waals surface area (Å²) in [6.07, 6.45) is 2.49. The molecule has 2 unspecified atom stereocenters. The summed E-state index contributed by atoms with van der Waals surface area (Å²) in [5.41, 5.74) is 1.84. The second kappa shape index (κ2) is 16.6. The highest BCUT2D eigenvalue weighted by Crippen LogP contribution is 2.53. The van der Waals surface area contributed by atoms with Crippen LogP contribution in [-0.4, -0.2) is 61.7 Å². The Balaban J connectivity index is 1.17. The second-order valence-electron chi connectivity index (χ2n) is 16.5. The molecule has 298 valence electrons. The van der Waals surface area contributed by atoms with Gasteiger partial charge in [0.15, 0.2) is 0 Å². The molecule has 5 rings (SSSR count). The van der Waals surface area contributed by atoms with Gasteiger partial charge in [-0.25, -0.2) is 27.3 Å². The van der Waals surface area contributed by atoms with Crippen LogP contribution >= 0.6 is 0 Å². The van der Waals surface area contributed by atoms with Crippen molar-refractivity contribution in [2.24, 2.45) is 5.41 Å².